The van der Waals surface area contributed by atoms with E-state index in [1.807, 2.05) is 84.9 Å². The molecule has 8 heteroatoms. The number of carbonyl (C=O) groups is 1. The van der Waals surface area contributed by atoms with Crippen LogP contribution in [-0.2, 0) is 14.8 Å². The fourth-order valence-electron chi connectivity index (χ4n) is 5.40. The van der Waals surface area contributed by atoms with Crippen molar-refractivity contribution in [1.82, 2.24) is 0 Å². The molecule has 0 saturated heterocycles. The molecule has 0 aromatic heterocycles. The monoisotopic (exact) mass is 677 g/mol. The van der Waals surface area contributed by atoms with Crippen LogP contribution in [0.5, 0.6) is 5.75 Å². The van der Waals surface area contributed by atoms with Gasteiger partial charge in [0, 0.05) is 11.1 Å². The second-order valence-electron chi connectivity index (χ2n) is 14.8. The molecule has 0 aliphatic heterocycles. The number of anilines is 4. The van der Waals surface area contributed by atoms with Crippen LogP contribution >= 0.6 is 0 Å². The minimum atomic E-state index is -3.97. The van der Waals surface area contributed by atoms with Gasteiger partial charge in [-0.1, -0.05) is 113 Å². The topological polar surface area (TPSA) is 96.5 Å². The molecule has 0 aliphatic rings. The molecule has 1 amide bonds. The molecular formula is C40H59N3O4S. The fraction of sp³-hybridized carbons (Fsp3) is 0.525. The maximum absolute atomic E-state index is 14.2. The number of hydrogen-bond donors (Lipinski definition) is 3. The Kier molecular flexibility index (Phi) is 14.0. The van der Waals surface area contributed by atoms with Crippen molar-refractivity contribution in [3.05, 3.63) is 71.3 Å². The summed E-state index contributed by atoms with van der Waals surface area (Å²) < 4.78 is 37.1. The summed E-state index contributed by atoms with van der Waals surface area (Å²) in [5.74, 6) is 0.912. The molecule has 7 nitrogen and oxygen atoms in total. The molecule has 0 fully saturated rings. The van der Waals surface area contributed by atoms with E-state index in [2.05, 4.69) is 36.1 Å². The van der Waals surface area contributed by atoms with Crippen LogP contribution < -0.4 is 20.1 Å². The molecule has 48 heavy (non-hydrogen) atoms. The van der Waals surface area contributed by atoms with Gasteiger partial charge in [0.05, 0.1) is 28.6 Å². The van der Waals surface area contributed by atoms with Gasteiger partial charge in [-0.05, 0) is 83.3 Å². The highest BCUT2D eigenvalue weighted by molar-refractivity contribution is 7.92. The Balaban J connectivity index is 1.89. The van der Waals surface area contributed by atoms with Crippen LogP contribution in [0.4, 0.5) is 22.7 Å². The molecule has 0 saturated carbocycles. The van der Waals surface area contributed by atoms with Crippen LogP contribution in [0, 0.1) is 5.41 Å². The zero-order valence-electron chi connectivity index (χ0n) is 30.9. The van der Waals surface area contributed by atoms with Gasteiger partial charge in [0.25, 0.3) is 10.0 Å². The number of amides is 1. The summed E-state index contributed by atoms with van der Waals surface area (Å²) in [6.07, 6.45) is 7.29. The van der Waals surface area contributed by atoms with E-state index in [0.29, 0.717) is 28.6 Å². The third-order valence-corrected chi connectivity index (χ3v) is 9.96. The molecule has 0 bridgehead atoms. The number of benzene rings is 3. The second kappa shape index (κ2) is 17.2. The Labute approximate surface area is 290 Å². The maximum Gasteiger partial charge on any atom is 0.262 e. The van der Waals surface area contributed by atoms with Crippen molar-refractivity contribution in [3.63, 3.8) is 0 Å². The van der Waals surface area contributed by atoms with Crippen LogP contribution in [0.2, 0.25) is 0 Å². The summed E-state index contributed by atoms with van der Waals surface area (Å²) in [6, 6.07) is 17.0. The van der Waals surface area contributed by atoms with Gasteiger partial charge in [0.1, 0.15) is 5.75 Å². The predicted octanol–water partition coefficient (Wildman–Crippen LogP) is 11.3. The lowest BCUT2D eigenvalue weighted by Crippen LogP contribution is -2.28. The highest BCUT2D eigenvalue weighted by atomic mass is 32.2. The number of sulfonamides is 1. The molecular weight excluding hydrogens is 619 g/mol. The lowest BCUT2D eigenvalue weighted by atomic mass is 9.89. The van der Waals surface area contributed by atoms with Gasteiger partial charge in [-0.3, -0.25) is 9.52 Å². The van der Waals surface area contributed by atoms with Gasteiger partial charge in [-0.25, -0.2) is 8.42 Å². The van der Waals surface area contributed by atoms with Crippen LogP contribution in [0.15, 0.2) is 59.5 Å². The van der Waals surface area contributed by atoms with Gasteiger partial charge >= 0.3 is 0 Å². The van der Waals surface area contributed by atoms with E-state index in [4.69, 9.17) is 4.74 Å². The number of rotatable bonds is 17. The van der Waals surface area contributed by atoms with E-state index in [0.717, 1.165) is 34.5 Å². The van der Waals surface area contributed by atoms with Crippen molar-refractivity contribution in [2.75, 3.05) is 22.0 Å². The maximum atomic E-state index is 14.2. The first-order valence-electron chi connectivity index (χ1n) is 17.7. The summed E-state index contributed by atoms with van der Waals surface area (Å²) >= 11 is 0. The van der Waals surface area contributed by atoms with E-state index in [1.165, 1.54) is 32.1 Å². The first-order chi connectivity index (χ1) is 22.5. The van der Waals surface area contributed by atoms with E-state index < -0.39 is 15.4 Å². The minimum absolute atomic E-state index is 0.00771. The Hall–Kier alpha value is -3.52. The van der Waals surface area contributed by atoms with Crippen LogP contribution in [-0.4, -0.2) is 20.9 Å². The van der Waals surface area contributed by atoms with E-state index in [9.17, 15) is 13.2 Å². The van der Waals surface area contributed by atoms with Crippen LogP contribution in [0.1, 0.15) is 142 Å². The zero-order valence-corrected chi connectivity index (χ0v) is 31.7. The van der Waals surface area contributed by atoms with Gasteiger partial charge in [0.15, 0.2) is 0 Å². The average Bonchev–Trinajstić information content (AvgIpc) is 3.01. The summed E-state index contributed by atoms with van der Waals surface area (Å²) in [5, 5.41) is 6.41. The Morgan fingerprint density at radius 2 is 1.29 bits per heavy atom. The molecule has 3 N–H and O–H groups in total. The third-order valence-electron chi connectivity index (χ3n) is 8.45. The summed E-state index contributed by atoms with van der Waals surface area (Å²) in [6.45, 7) is 20.8. The van der Waals surface area contributed by atoms with Crippen LogP contribution in [0.25, 0.3) is 0 Å². The molecule has 0 heterocycles. The van der Waals surface area contributed by atoms with E-state index >= 15 is 0 Å². The van der Waals surface area contributed by atoms with Gasteiger partial charge in [0.2, 0.25) is 5.91 Å². The largest absolute Gasteiger partial charge is 0.494 e. The summed E-state index contributed by atoms with van der Waals surface area (Å²) in [5.41, 5.74) is 4.37. The third kappa shape index (κ3) is 11.0. The standard InChI is InChI=1S/C40H59N3O4S/c1-11-12-13-14-15-16-23-47-33-20-17-31(18-21-33)41-36-22-19-32(26-37(36)42-39(44)40(8,9)10)43-48(45,46)38-34(28(4)5)24-30(27(2)3)25-35(38)29(6)7/h17-22,24-29,41,43H,11-16,23H2,1-10H3,(H,42,44). The Morgan fingerprint density at radius 1 is 0.729 bits per heavy atom. The second-order valence-corrected chi connectivity index (χ2v) is 16.4. The highest BCUT2D eigenvalue weighted by Gasteiger charge is 2.28. The lowest BCUT2D eigenvalue weighted by Gasteiger charge is -2.24. The molecule has 0 aliphatic carbocycles. The number of ether oxygens (including phenoxy) is 1. The van der Waals surface area contributed by atoms with Gasteiger partial charge in [-0.2, -0.15) is 0 Å². The molecule has 3 aromatic carbocycles. The molecule has 264 valence electrons. The number of hydrogen-bond acceptors (Lipinski definition) is 5. The average molecular weight is 678 g/mol. The van der Waals surface area contributed by atoms with Crippen molar-refractivity contribution in [2.45, 2.75) is 130 Å². The lowest BCUT2D eigenvalue weighted by molar-refractivity contribution is -0.123. The molecule has 0 spiro atoms. The highest BCUT2D eigenvalue weighted by Crippen LogP contribution is 2.37. The first kappa shape index (κ1) is 38.9. The van der Waals surface area contributed by atoms with Crippen LogP contribution in [0.3, 0.4) is 0 Å². The molecule has 0 unspecified atom stereocenters. The molecule has 3 aromatic rings. The van der Waals surface area contributed by atoms with E-state index in [1.54, 1.807) is 18.2 Å². The first-order valence-corrected chi connectivity index (χ1v) is 19.2. The van der Waals surface area contributed by atoms with Gasteiger partial charge < -0.3 is 15.4 Å². The van der Waals surface area contributed by atoms with E-state index in [-0.39, 0.29) is 23.7 Å². The molecule has 0 atom stereocenters. The van der Waals surface area contributed by atoms with Crippen molar-refractivity contribution in [3.8, 4) is 5.75 Å². The molecule has 3 rings (SSSR count). The Morgan fingerprint density at radius 3 is 1.83 bits per heavy atom. The van der Waals surface area contributed by atoms with Crippen molar-refractivity contribution < 1.29 is 17.9 Å². The Bertz CT molecular complexity index is 1580. The number of nitrogens with one attached hydrogen (secondary N) is 3. The SMILES string of the molecule is CCCCCCCCOc1ccc(Nc2ccc(NS(=O)(=O)c3c(C(C)C)cc(C(C)C)cc3C(C)C)cc2NC(=O)C(C)(C)C)cc1. The number of unbranched alkanes of at least 4 members (excludes halogenated alkanes) is 5. The zero-order chi connectivity index (χ0) is 35.6. The summed E-state index contributed by atoms with van der Waals surface area (Å²) in [4.78, 5) is 13.5. The minimum Gasteiger partial charge on any atom is -0.494 e. The van der Waals surface area contributed by atoms with Gasteiger partial charge in [-0.15, -0.1) is 0 Å². The normalized spacial score (nSPS) is 12.1. The number of carbonyl (C=O) groups excluding carboxylic acids is 1. The van der Waals surface area contributed by atoms with Crippen molar-refractivity contribution >= 4 is 38.7 Å². The quantitative estimate of drug-likeness (QED) is 0.124. The fourth-order valence-corrected chi connectivity index (χ4v) is 7.15. The molecule has 0 radical (unpaired) electrons. The smallest absolute Gasteiger partial charge is 0.262 e. The van der Waals surface area contributed by atoms with Crippen molar-refractivity contribution in [1.29, 1.82) is 0 Å². The predicted molar refractivity (Wildman–Crippen MR) is 203 cm³/mol. The summed E-state index contributed by atoms with van der Waals surface area (Å²) in [7, 11) is -3.97. The van der Waals surface area contributed by atoms with Crippen molar-refractivity contribution in [2.24, 2.45) is 5.41 Å².